The monoisotopic (exact) mass is 1320 g/mol. The molecule has 0 saturated carbocycles. The summed E-state index contributed by atoms with van der Waals surface area (Å²) in [6, 6.07) is 87.1. The number of rotatable bonds is 4. The van der Waals surface area contributed by atoms with Crippen LogP contribution in [0.3, 0.4) is 0 Å². The van der Waals surface area contributed by atoms with Crippen molar-refractivity contribution in [2.24, 2.45) is 0 Å². The van der Waals surface area contributed by atoms with E-state index >= 15 is 0 Å². The quantitative estimate of drug-likeness (QED) is 0.125. The van der Waals surface area contributed by atoms with Crippen LogP contribution in [0.1, 0.15) is 52.7 Å². The summed E-state index contributed by atoms with van der Waals surface area (Å²) in [6.07, 6.45) is 0. The summed E-state index contributed by atoms with van der Waals surface area (Å²) in [4.78, 5) is 0. The first-order valence-electron chi connectivity index (χ1n) is 22.4. The van der Waals surface area contributed by atoms with Gasteiger partial charge in [-0.15, -0.1) is 70.7 Å². The molecule has 8 heteroatoms. The van der Waals surface area contributed by atoms with Crippen molar-refractivity contribution in [1.82, 2.24) is 0 Å². The number of fused-ring (bicyclic) bond motifs is 2. The molecular formula is C62H62Cl2Hf2N2Si2-6. The zero-order valence-corrected chi connectivity index (χ0v) is 51.7. The van der Waals surface area contributed by atoms with Crippen molar-refractivity contribution in [3.63, 3.8) is 0 Å². The summed E-state index contributed by atoms with van der Waals surface area (Å²) in [5.74, 6) is 0. The van der Waals surface area contributed by atoms with E-state index in [1.165, 1.54) is 42.3 Å². The fourth-order valence-electron chi connectivity index (χ4n) is 6.83. The molecule has 0 heterocycles. The van der Waals surface area contributed by atoms with Crippen molar-refractivity contribution >= 4 is 72.7 Å². The third kappa shape index (κ3) is 23.0. The molecule has 10 aromatic carbocycles. The second-order valence-corrected chi connectivity index (χ2v) is 20.4. The molecule has 0 fully saturated rings. The van der Waals surface area contributed by atoms with E-state index in [0.29, 0.717) is 11.4 Å². The van der Waals surface area contributed by atoms with Crippen LogP contribution < -0.4 is 45.6 Å². The van der Waals surface area contributed by atoms with Crippen LogP contribution in [0.5, 0.6) is 0 Å². The van der Waals surface area contributed by atoms with E-state index in [2.05, 4.69) is 248 Å². The SMILES string of the molecule is CC(C)(C)c1ccccc1[NH-].CC(C)(C)c1ccccc1[NH-].[Cl-].[Cl-].[Hf].[Hf].c1ccc([Si]c2ccccc2)cc1.c1ccc([Si]c2ccccc2)cc1.c1ccc2[cH-]ccc2c1.c1ccc2[cH-]ccc2c1. The molecule has 10 aromatic rings. The maximum absolute atomic E-state index is 7.63. The van der Waals surface area contributed by atoms with Gasteiger partial charge in [0.15, 0.2) is 0 Å². The Morgan fingerprint density at radius 3 is 0.800 bits per heavy atom. The van der Waals surface area contributed by atoms with Crippen LogP contribution in [0.2, 0.25) is 0 Å². The van der Waals surface area contributed by atoms with Crippen molar-refractivity contribution in [2.45, 2.75) is 52.4 Å². The number of benzene rings is 8. The maximum Gasteiger partial charge on any atom is 0.121 e. The Kier molecular flexibility index (Phi) is 30.6. The van der Waals surface area contributed by atoms with Crippen molar-refractivity contribution < 1.29 is 76.5 Å². The van der Waals surface area contributed by atoms with E-state index in [-0.39, 0.29) is 87.3 Å². The Balaban J connectivity index is 0.000000417. The fourth-order valence-corrected chi connectivity index (χ4v) is 8.94. The Morgan fingerprint density at radius 1 is 0.314 bits per heavy atom. The molecule has 2 nitrogen and oxygen atoms in total. The Bertz CT molecular complexity index is 2530. The predicted molar refractivity (Wildman–Crippen MR) is 293 cm³/mol. The predicted octanol–water partition coefficient (Wildman–Crippen LogP) is 9.14. The van der Waals surface area contributed by atoms with E-state index in [4.69, 9.17) is 11.5 Å². The van der Waals surface area contributed by atoms with E-state index in [1.54, 1.807) is 0 Å². The normalized spacial score (nSPS) is 9.91. The van der Waals surface area contributed by atoms with Gasteiger partial charge in [-0.1, -0.05) is 255 Å². The minimum atomic E-state index is 0. The molecule has 0 aromatic heterocycles. The third-order valence-electron chi connectivity index (χ3n) is 10.2. The minimum absolute atomic E-state index is 0. The number of hydrogen-bond donors (Lipinski definition) is 0. The smallest absolute Gasteiger partial charge is 0.121 e. The zero-order chi connectivity index (χ0) is 47.0. The van der Waals surface area contributed by atoms with E-state index in [0.717, 1.165) is 30.2 Å². The molecule has 0 spiro atoms. The van der Waals surface area contributed by atoms with E-state index in [1.807, 2.05) is 48.5 Å². The molecular weight excluding hydrogens is 1260 g/mol. The van der Waals surface area contributed by atoms with Crippen LogP contribution in [0.4, 0.5) is 11.4 Å². The molecule has 2 N–H and O–H groups in total. The van der Waals surface area contributed by atoms with Crippen LogP contribution in [0.15, 0.2) is 255 Å². The van der Waals surface area contributed by atoms with Gasteiger partial charge in [-0.2, -0.15) is 35.0 Å². The molecule has 70 heavy (non-hydrogen) atoms. The molecule has 4 radical (unpaired) electrons. The van der Waals surface area contributed by atoms with Gasteiger partial charge in [0, 0.05) is 51.7 Å². The molecule has 0 saturated heterocycles. The summed E-state index contributed by atoms with van der Waals surface area (Å²) in [6.45, 7) is 12.8. The van der Waals surface area contributed by atoms with Gasteiger partial charge in [0.1, 0.15) is 19.0 Å². The first-order chi connectivity index (χ1) is 31.9. The van der Waals surface area contributed by atoms with Gasteiger partial charge in [0.05, 0.1) is 0 Å². The van der Waals surface area contributed by atoms with Crippen LogP contribution in [-0.2, 0) is 62.5 Å². The molecule has 0 bridgehead atoms. The zero-order valence-electron chi connectivity index (χ0n) is 41.0. The fraction of sp³-hybridized carbons (Fsp3) is 0.129. The van der Waals surface area contributed by atoms with Crippen molar-refractivity contribution in [3.05, 3.63) is 277 Å². The van der Waals surface area contributed by atoms with Crippen molar-refractivity contribution in [2.75, 3.05) is 0 Å². The third-order valence-corrected chi connectivity index (χ3v) is 12.7. The first-order valence-corrected chi connectivity index (χ1v) is 24.4. The van der Waals surface area contributed by atoms with E-state index < -0.39 is 0 Å². The van der Waals surface area contributed by atoms with Crippen LogP contribution in [0, 0.1) is 0 Å². The van der Waals surface area contributed by atoms with Gasteiger partial charge in [-0.25, -0.2) is 0 Å². The molecule has 0 amide bonds. The Labute approximate surface area is 474 Å². The van der Waals surface area contributed by atoms with Crippen molar-refractivity contribution in [3.8, 4) is 0 Å². The van der Waals surface area contributed by atoms with Gasteiger partial charge in [0.2, 0.25) is 0 Å². The summed E-state index contributed by atoms with van der Waals surface area (Å²) in [5, 5.41) is 10.9. The summed E-state index contributed by atoms with van der Waals surface area (Å²) in [5.41, 5.74) is 18.9. The molecule has 0 unspecified atom stereocenters. The summed E-state index contributed by atoms with van der Waals surface area (Å²) >= 11 is 0. The Morgan fingerprint density at radius 2 is 0.557 bits per heavy atom. The van der Waals surface area contributed by atoms with Gasteiger partial charge in [-0.05, 0) is 10.8 Å². The standard InChI is InChI=1S/2C12H10Si.2C10H14N.2C9H7.2ClH.2Hf/c2*1-3-7-11(8-4-1)13-12-9-5-2-6-10-12;2*1-10(2,3)8-6-4-5-7-9(8)11;2*1-2-5-9-7-3-6-8(9)4-1;;;;/h2*1-10H;2*4-7,11H,1-3H3;2*1-7H;2*1H;;/q;;4*-1;;;;/p-2. The summed E-state index contributed by atoms with van der Waals surface area (Å²) < 4.78 is 0. The second kappa shape index (κ2) is 33.8. The number of halogens is 2. The van der Waals surface area contributed by atoms with Gasteiger partial charge >= 0.3 is 0 Å². The molecule has 356 valence electrons. The second-order valence-electron chi connectivity index (χ2n) is 17.6. The average Bonchev–Trinajstić information content (AvgIpc) is 4.02. The molecule has 10 rings (SSSR count). The number of hydrogen-bond acceptors (Lipinski definition) is 0. The molecule has 0 atom stereocenters. The van der Waals surface area contributed by atoms with Crippen LogP contribution in [0.25, 0.3) is 33.0 Å². The van der Waals surface area contributed by atoms with Crippen LogP contribution in [-0.4, -0.2) is 19.0 Å². The van der Waals surface area contributed by atoms with E-state index in [9.17, 15) is 0 Å². The topological polar surface area (TPSA) is 47.6 Å². The van der Waals surface area contributed by atoms with Gasteiger partial charge < -0.3 is 36.3 Å². The van der Waals surface area contributed by atoms with Gasteiger partial charge in [-0.3, -0.25) is 0 Å². The molecule has 0 aliphatic rings. The Hall–Kier alpha value is -4.67. The average molecular weight is 1320 g/mol. The first kappa shape index (κ1) is 63.3. The molecule has 0 aliphatic heterocycles. The van der Waals surface area contributed by atoms with Gasteiger partial charge in [0.25, 0.3) is 0 Å². The summed E-state index contributed by atoms with van der Waals surface area (Å²) in [7, 11) is 1.55. The molecule has 0 aliphatic carbocycles. The van der Waals surface area contributed by atoms with Crippen LogP contribution >= 0.6 is 0 Å². The van der Waals surface area contributed by atoms with Crippen molar-refractivity contribution in [1.29, 1.82) is 0 Å². The largest absolute Gasteiger partial charge is 1.00 e. The number of nitrogens with one attached hydrogen (secondary N) is 2. The minimum Gasteiger partial charge on any atom is -1.00 e. The maximum atomic E-state index is 7.63.